The molecule has 0 spiro atoms. The molecule has 2 aromatic rings. The van der Waals surface area contributed by atoms with Gasteiger partial charge in [0.15, 0.2) is 5.82 Å². The van der Waals surface area contributed by atoms with Gasteiger partial charge in [-0.15, -0.1) is 11.6 Å². The number of rotatable bonds is 2. The molecule has 0 bridgehead atoms. The molecule has 0 saturated heterocycles. The van der Waals surface area contributed by atoms with Gasteiger partial charge in [0.25, 0.3) is 5.89 Å². The van der Waals surface area contributed by atoms with Crippen LogP contribution in [0.15, 0.2) is 22.7 Å². The van der Waals surface area contributed by atoms with Crippen LogP contribution in [0.3, 0.4) is 0 Å². The van der Waals surface area contributed by atoms with Crippen molar-refractivity contribution >= 4 is 23.2 Å². The summed E-state index contributed by atoms with van der Waals surface area (Å²) in [6.45, 7) is 3.71. The SMILES string of the molecule is Cc1cccc(-c2nc(C(C)Cl)no2)c1Cl. The molecule has 1 unspecified atom stereocenters. The molecule has 16 heavy (non-hydrogen) atoms. The molecule has 1 aromatic heterocycles. The molecule has 0 aliphatic heterocycles. The molecule has 1 aromatic carbocycles. The van der Waals surface area contributed by atoms with E-state index in [2.05, 4.69) is 10.1 Å². The van der Waals surface area contributed by atoms with Crippen molar-refractivity contribution in [2.24, 2.45) is 0 Å². The largest absolute Gasteiger partial charge is 0.334 e. The second kappa shape index (κ2) is 4.44. The van der Waals surface area contributed by atoms with Gasteiger partial charge in [-0.05, 0) is 25.5 Å². The van der Waals surface area contributed by atoms with Crippen LogP contribution in [0.2, 0.25) is 5.02 Å². The summed E-state index contributed by atoms with van der Waals surface area (Å²) in [5, 5.41) is 4.13. The molecule has 1 heterocycles. The third kappa shape index (κ3) is 2.06. The smallest absolute Gasteiger partial charge is 0.259 e. The van der Waals surface area contributed by atoms with Crippen LogP contribution in [-0.4, -0.2) is 10.1 Å². The van der Waals surface area contributed by atoms with E-state index in [1.54, 1.807) is 6.92 Å². The average molecular weight is 257 g/mol. The highest BCUT2D eigenvalue weighted by Crippen LogP contribution is 2.30. The van der Waals surface area contributed by atoms with Crippen molar-refractivity contribution < 1.29 is 4.52 Å². The van der Waals surface area contributed by atoms with Crippen LogP contribution in [0.5, 0.6) is 0 Å². The molecule has 0 radical (unpaired) electrons. The van der Waals surface area contributed by atoms with E-state index in [4.69, 9.17) is 27.7 Å². The first-order chi connectivity index (χ1) is 7.59. The Balaban J connectivity index is 2.47. The van der Waals surface area contributed by atoms with Crippen LogP contribution in [-0.2, 0) is 0 Å². The van der Waals surface area contributed by atoms with Gasteiger partial charge in [0.1, 0.15) is 0 Å². The quantitative estimate of drug-likeness (QED) is 0.763. The fourth-order valence-electron chi connectivity index (χ4n) is 1.32. The van der Waals surface area contributed by atoms with Crippen LogP contribution in [0.1, 0.15) is 23.7 Å². The summed E-state index contributed by atoms with van der Waals surface area (Å²) in [7, 11) is 0. The summed E-state index contributed by atoms with van der Waals surface area (Å²) in [5.41, 5.74) is 1.70. The lowest BCUT2D eigenvalue weighted by molar-refractivity contribution is 0.422. The first-order valence-electron chi connectivity index (χ1n) is 4.82. The third-order valence-corrected chi connectivity index (χ3v) is 2.92. The summed E-state index contributed by atoms with van der Waals surface area (Å²) in [6, 6.07) is 5.66. The molecular formula is C11H10Cl2N2O. The third-order valence-electron chi connectivity index (χ3n) is 2.22. The van der Waals surface area contributed by atoms with Crippen LogP contribution in [0, 0.1) is 6.92 Å². The minimum atomic E-state index is -0.277. The number of hydrogen-bond acceptors (Lipinski definition) is 3. The van der Waals surface area contributed by atoms with Crippen molar-refractivity contribution in [2.75, 3.05) is 0 Å². The molecule has 1 atom stereocenters. The van der Waals surface area contributed by atoms with E-state index < -0.39 is 0 Å². The number of hydrogen-bond donors (Lipinski definition) is 0. The molecule has 5 heteroatoms. The van der Waals surface area contributed by atoms with Crippen molar-refractivity contribution in [1.29, 1.82) is 0 Å². The standard InChI is InChI=1S/C11H10Cl2N2O/c1-6-4-3-5-8(9(6)13)11-14-10(7(2)12)15-16-11/h3-5,7H,1-2H3. The van der Waals surface area contributed by atoms with Gasteiger partial charge >= 0.3 is 0 Å². The Morgan fingerprint density at radius 2 is 2.12 bits per heavy atom. The summed E-state index contributed by atoms with van der Waals surface area (Å²) in [4.78, 5) is 4.19. The van der Waals surface area contributed by atoms with Crippen LogP contribution in [0.4, 0.5) is 0 Å². The minimum Gasteiger partial charge on any atom is -0.334 e. The van der Waals surface area contributed by atoms with Gasteiger partial charge in [-0.25, -0.2) is 0 Å². The fourth-order valence-corrected chi connectivity index (χ4v) is 1.61. The lowest BCUT2D eigenvalue weighted by atomic mass is 10.1. The lowest BCUT2D eigenvalue weighted by Gasteiger charge is -2.01. The molecule has 0 amide bonds. The highest BCUT2D eigenvalue weighted by Gasteiger charge is 2.15. The van der Waals surface area contributed by atoms with Crippen LogP contribution >= 0.6 is 23.2 Å². The summed E-state index contributed by atoms with van der Waals surface area (Å²) in [6.07, 6.45) is 0. The van der Waals surface area contributed by atoms with E-state index in [1.807, 2.05) is 25.1 Å². The van der Waals surface area contributed by atoms with Gasteiger partial charge in [-0.2, -0.15) is 4.98 Å². The van der Waals surface area contributed by atoms with Gasteiger partial charge in [0.2, 0.25) is 0 Å². The number of aromatic nitrogens is 2. The van der Waals surface area contributed by atoms with Gasteiger partial charge in [-0.3, -0.25) is 0 Å². The maximum absolute atomic E-state index is 6.16. The summed E-state index contributed by atoms with van der Waals surface area (Å²) in [5.74, 6) is 0.866. The fraction of sp³-hybridized carbons (Fsp3) is 0.273. The number of halogens is 2. The Morgan fingerprint density at radius 1 is 1.38 bits per heavy atom. The highest BCUT2D eigenvalue weighted by atomic mass is 35.5. The van der Waals surface area contributed by atoms with Crippen molar-refractivity contribution in [3.05, 3.63) is 34.6 Å². The van der Waals surface area contributed by atoms with Crippen molar-refractivity contribution in [3.8, 4) is 11.5 Å². The minimum absolute atomic E-state index is 0.277. The second-order valence-electron chi connectivity index (χ2n) is 3.51. The van der Waals surface area contributed by atoms with Gasteiger partial charge in [0.05, 0.1) is 16.0 Å². The molecule has 3 nitrogen and oxygen atoms in total. The van der Waals surface area contributed by atoms with Crippen molar-refractivity contribution in [2.45, 2.75) is 19.2 Å². The molecule has 2 rings (SSSR count). The second-order valence-corrected chi connectivity index (χ2v) is 4.54. The Hall–Kier alpha value is -1.06. The van der Waals surface area contributed by atoms with Crippen molar-refractivity contribution in [1.82, 2.24) is 10.1 Å². The zero-order valence-electron chi connectivity index (χ0n) is 8.87. The summed E-state index contributed by atoms with van der Waals surface area (Å²) < 4.78 is 5.12. The van der Waals surface area contributed by atoms with Gasteiger partial charge in [0, 0.05) is 0 Å². The Kier molecular flexibility index (Phi) is 3.17. The average Bonchev–Trinajstić information content (AvgIpc) is 2.71. The number of nitrogens with zero attached hydrogens (tertiary/aromatic N) is 2. The van der Waals surface area contributed by atoms with E-state index >= 15 is 0 Å². The topological polar surface area (TPSA) is 38.9 Å². The number of alkyl halides is 1. The van der Waals surface area contributed by atoms with Crippen LogP contribution < -0.4 is 0 Å². The Morgan fingerprint density at radius 3 is 2.75 bits per heavy atom. The van der Waals surface area contributed by atoms with Gasteiger partial charge < -0.3 is 4.52 Å². The van der Waals surface area contributed by atoms with E-state index in [0.29, 0.717) is 16.7 Å². The Bertz CT molecular complexity index is 508. The molecule has 84 valence electrons. The highest BCUT2D eigenvalue weighted by molar-refractivity contribution is 6.33. The van der Waals surface area contributed by atoms with E-state index in [1.165, 1.54) is 0 Å². The predicted molar refractivity (Wildman–Crippen MR) is 63.7 cm³/mol. The van der Waals surface area contributed by atoms with Gasteiger partial charge in [-0.1, -0.05) is 28.9 Å². The molecule has 0 N–H and O–H groups in total. The van der Waals surface area contributed by atoms with E-state index in [-0.39, 0.29) is 5.38 Å². The molecule has 0 aliphatic carbocycles. The molecule has 0 fully saturated rings. The predicted octanol–water partition coefficient (Wildman–Crippen LogP) is 4.00. The maximum atomic E-state index is 6.16. The zero-order valence-corrected chi connectivity index (χ0v) is 10.4. The maximum Gasteiger partial charge on any atom is 0.259 e. The van der Waals surface area contributed by atoms with Crippen molar-refractivity contribution in [3.63, 3.8) is 0 Å². The first kappa shape index (κ1) is 11.4. The van der Waals surface area contributed by atoms with E-state index in [9.17, 15) is 0 Å². The number of aryl methyl sites for hydroxylation is 1. The zero-order chi connectivity index (χ0) is 11.7. The molecule has 0 aliphatic rings. The first-order valence-corrected chi connectivity index (χ1v) is 5.64. The van der Waals surface area contributed by atoms with Crippen LogP contribution in [0.25, 0.3) is 11.5 Å². The number of benzene rings is 1. The molecule has 0 saturated carbocycles. The normalized spacial score (nSPS) is 12.8. The Labute approximate surface area is 103 Å². The molecular weight excluding hydrogens is 247 g/mol. The summed E-state index contributed by atoms with van der Waals surface area (Å²) >= 11 is 12.0. The van der Waals surface area contributed by atoms with E-state index in [0.717, 1.165) is 11.1 Å². The monoisotopic (exact) mass is 256 g/mol. The lowest BCUT2D eigenvalue weighted by Crippen LogP contribution is -1.87.